The number of nitrogens with one attached hydrogen (secondary N) is 1. The summed E-state index contributed by atoms with van der Waals surface area (Å²) in [4.78, 5) is 4.69. The van der Waals surface area contributed by atoms with Gasteiger partial charge in [0.2, 0.25) is 5.89 Å². The number of hydrogen-bond acceptors (Lipinski definition) is 4. The first-order valence-corrected chi connectivity index (χ1v) is 7.45. The molecule has 0 amide bonds. The normalized spacial score (nSPS) is 26.1. The highest BCUT2D eigenvalue weighted by molar-refractivity contribution is 5.34. The van der Waals surface area contributed by atoms with Crippen molar-refractivity contribution in [2.45, 2.75) is 44.1 Å². The standard InChI is InChI=1S/C16H19N3O/c1-10-14(6-7-17-10)16-18-15(19-20-16)13-8-11-4-2-3-5-12(11)9-13/h2-5,10,13-14,17H,6-9H2,1H3. The average molecular weight is 269 g/mol. The minimum atomic E-state index is 0.375. The lowest BCUT2D eigenvalue weighted by atomic mass is 10.0. The maximum absolute atomic E-state index is 5.53. The highest BCUT2D eigenvalue weighted by atomic mass is 16.5. The van der Waals surface area contributed by atoms with Gasteiger partial charge >= 0.3 is 0 Å². The van der Waals surface area contributed by atoms with Crippen LogP contribution in [0.2, 0.25) is 0 Å². The molecule has 2 heterocycles. The minimum Gasteiger partial charge on any atom is -0.339 e. The van der Waals surface area contributed by atoms with Crippen molar-refractivity contribution in [2.75, 3.05) is 6.54 Å². The van der Waals surface area contributed by atoms with Crippen LogP contribution >= 0.6 is 0 Å². The zero-order chi connectivity index (χ0) is 13.5. The summed E-state index contributed by atoms with van der Waals surface area (Å²) in [6.45, 7) is 3.23. The predicted octanol–water partition coefficient (Wildman–Crippen LogP) is 2.42. The largest absolute Gasteiger partial charge is 0.339 e. The van der Waals surface area contributed by atoms with Crippen molar-refractivity contribution in [3.05, 3.63) is 47.1 Å². The summed E-state index contributed by atoms with van der Waals surface area (Å²) < 4.78 is 5.53. The number of hydrogen-bond donors (Lipinski definition) is 1. The second kappa shape index (κ2) is 4.70. The Hall–Kier alpha value is -1.68. The van der Waals surface area contributed by atoms with Crippen LogP contribution in [-0.2, 0) is 12.8 Å². The fourth-order valence-electron chi connectivity index (χ4n) is 3.50. The van der Waals surface area contributed by atoms with Crippen LogP contribution in [-0.4, -0.2) is 22.7 Å². The molecule has 1 fully saturated rings. The molecular formula is C16H19N3O. The van der Waals surface area contributed by atoms with Crippen LogP contribution in [0.25, 0.3) is 0 Å². The number of rotatable bonds is 2. The van der Waals surface area contributed by atoms with Crippen molar-refractivity contribution in [3.63, 3.8) is 0 Å². The van der Waals surface area contributed by atoms with Gasteiger partial charge in [0, 0.05) is 12.0 Å². The molecule has 0 saturated carbocycles. The van der Waals surface area contributed by atoms with Gasteiger partial charge in [-0.15, -0.1) is 0 Å². The SMILES string of the molecule is CC1NCCC1c1nc(C2Cc3ccccc3C2)no1. The number of fused-ring (bicyclic) bond motifs is 1. The smallest absolute Gasteiger partial charge is 0.231 e. The summed E-state index contributed by atoms with van der Waals surface area (Å²) in [5.74, 6) is 2.46. The van der Waals surface area contributed by atoms with Gasteiger partial charge in [0.05, 0.1) is 5.92 Å². The van der Waals surface area contributed by atoms with Crippen LogP contribution < -0.4 is 5.32 Å². The first kappa shape index (κ1) is 12.1. The Kier molecular flexibility index (Phi) is 2.84. The molecule has 0 spiro atoms. The number of benzene rings is 1. The van der Waals surface area contributed by atoms with Gasteiger partial charge in [-0.3, -0.25) is 0 Å². The van der Waals surface area contributed by atoms with E-state index in [-0.39, 0.29) is 0 Å². The molecule has 104 valence electrons. The molecule has 1 aromatic carbocycles. The van der Waals surface area contributed by atoms with Crippen LogP contribution in [0, 0.1) is 0 Å². The highest BCUT2D eigenvalue weighted by Gasteiger charge is 2.32. The van der Waals surface area contributed by atoms with Crippen LogP contribution in [0.1, 0.15) is 48.0 Å². The Morgan fingerprint density at radius 3 is 2.60 bits per heavy atom. The fraction of sp³-hybridized carbons (Fsp3) is 0.500. The Morgan fingerprint density at radius 2 is 1.95 bits per heavy atom. The van der Waals surface area contributed by atoms with Gasteiger partial charge in [-0.2, -0.15) is 4.98 Å². The van der Waals surface area contributed by atoms with E-state index in [0.717, 1.165) is 37.5 Å². The molecule has 0 radical (unpaired) electrons. The summed E-state index contributed by atoms with van der Waals surface area (Å²) in [7, 11) is 0. The first-order valence-electron chi connectivity index (χ1n) is 7.45. The van der Waals surface area contributed by atoms with Crippen LogP contribution in [0.15, 0.2) is 28.8 Å². The minimum absolute atomic E-state index is 0.375. The van der Waals surface area contributed by atoms with Crippen LogP contribution in [0.4, 0.5) is 0 Å². The second-order valence-corrected chi connectivity index (χ2v) is 6.00. The molecule has 1 N–H and O–H groups in total. The van der Waals surface area contributed by atoms with E-state index in [2.05, 4.69) is 46.6 Å². The third-order valence-electron chi connectivity index (χ3n) is 4.72. The zero-order valence-corrected chi connectivity index (χ0v) is 11.7. The Balaban J connectivity index is 1.55. The summed E-state index contributed by atoms with van der Waals surface area (Å²) in [6, 6.07) is 9.06. The molecule has 20 heavy (non-hydrogen) atoms. The van der Waals surface area contributed by atoms with E-state index < -0.39 is 0 Å². The van der Waals surface area contributed by atoms with Crippen LogP contribution in [0.5, 0.6) is 0 Å². The third kappa shape index (κ3) is 1.95. The monoisotopic (exact) mass is 269 g/mol. The Bertz CT molecular complexity index is 597. The van der Waals surface area contributed by atoms with E-state index in [9.17, 15) is 0 Å². The molecule has 2 atom stereocenters. The molecule has 4 heteroatoms. The fourth-order valence-corrected chi connectivity index (χ4v) is 3.50. The van der Waals surface area contributed by atoms with E-state index in [1.54, 1.807) is 0 Å². The van der Waals surface area contributed by atoms with Gasteiger partial charge in [-0.25, -0.2) is 0 Å². The van der Waals surface area contributed by atoms with Crippen molar-refractivity contribution < 1.29 is 4.52 Å². The summed E-state index contributed by atoms with van der Waals surface area (Å²) >= 11 is 0. The Labute approximate surface area is 118 Å². The summed E-state index contributed by atoms with van der Waals surface area (Å²) in [6.07, 6.45) is 3.16. The van der Waals surface area contributed by atoms with E-state index in [1.807, 2.05) is 0 Å². The van der Waals surface area contributed by atoms with Gasteiger partial charge in [-0.1, -0.05) is 29.4 Å². The van der Waals surface area contributed by atoms with Crippen LogP contribution in [0.3, 0.4) is 0 Å². The lowest BCUT2D eigenvalue weighted by Crippen LogP contribution is -2.21. The van der Waals surface area contributed by atoms with Crippen molar-refractivity contribution in [1.29, 1.82) is 0 Å². The molecule has 0 bridgehead atoms. The number of nitrogens with zero attached hydrogens (tertiary/aromatic N) is 2. The molecule has 2 aliphatic rings. The molecule has 2 unspecified atom stereocenters. The lowest BCUT2D eigenvalue weighted by molar-refractivity contribution is 0.339. The van der Waals surface area contributed by atoms with Crippen molar-refractivity contribution in [2.24, 2.45) is 0 Å². The van der Waals surface area contributed by atoms with E-state index in [0.29, 0.717) is 17.9 Å². The molecule has 4 nitrogen and oxygen atoms in total. The molecule has 1 aliphatic heterocycles. The predicted molar refractivity (Wildman–Crippen MR) is 75.7 cm³/mol. The van der Waals surface area contributed by atoms with Gasteiger partial charge in [0.15, 0.2) is 5.82 Å². The quantitative estimate of drug-likeness (QED) is 0.909. The molecular weight excluding hydrogens is 250 g/mol. The molecule has 1 saturated heterocycles. The van der Waals surface area contributed by atoms with E-state index in [1.165, 1.54) is 11.1 Å². The topological polar surface area (TPSA) is 51.0 Å². The molecule has 4 rings (SSSR count). The lowest BCUT2D eigenvalue weighted by Gasteiger charge is -2.09. The van der Waals surface area contributed by atoms with E-state index >= 15 is 0 Å². The van der Waals surface area contributed by atoms with Gasteiger partial charge in [0.1, 0.15) is 0 Å². The Morgan fingerprint density at radius 1 is 1.20 bits per heavy atom. The zero-order valence-electron chi connectivity index (χ0n) is 11.7. The highest BCUT2D eigenvalue weighted by Crippen LogP contribution is 2.34. The maximum Gasteiger partial charge on any atom is 0.231 e. The van der Waals surface area contributed by atoms with Crippen molar-refractivity contribution >= 4 is 0 Å². The second-order valence-electron chi connectivity index (χ2n) is 6.00. The molecule has 1 aliphatic carbocycles. The maximum atomic E-state index is 5.53. The summed E-state index contributed by atoms with van der Waals surface area (Å²) in [5.41, 5.74) is 2.86. The van der Waals surface area contributed by atoms with Crippen molar-refractivity contribution in [1.82, 2.24) is 15.5 Å². The summed E-state index contributed by atoms with van der Waals surface area (Å²) in [5, 5.41) is 7.68. The van der Waals surface area contributed by atoms with Gasteiger partial charge < -0.3 is 9.84 Å². The van der Waals surface area contributed by atoms with Gasteiger partial charge in [0.25, 0.3) is 0 Å². The first-order chi connectivity index (χ1) is 9.81. The van der Waals surface area contributed by atoms with E-state index in [4.69, 9.17) is 4.52 Å². The average Bonchev–Trinajstić information content (AvgIpc) is 3.15. The molecule has 1 aromatic heterocycles. The van der Waals surface area contributed by atoms with Gasteiger partial charge in [-0.05, 0) is 43.9 Å². The van der Waals surface area contributed by atoms with Crippen molar-refractivity contribution in [3.8, 4) is 0 Å². The third-order valence-corrected chi connectivity index (χ3v) is 4.72. The molecule has 2 aromatic rings. The number of aromatic nitrogens is 2.